The fourth-order valence-corrected chi connectivity index (χ4v) is 18.6. The van der Waals surface area contributed by atoms with Gasteiger partial charge < -0.3 is 33.1 Å². The monoisotopic (exact) mass is 1220 g/mol. The molecule has 88 heavy (non-hydrogen) atoms. The maximum atomic E-state index is 15.0. The van der Waals surface area contributed by atoms with Crippen LogP contribution in [0.2, 0.25) is 0 Å². The Morgan fingerprint density at radius 1 is 0.727 bits per heavy atom. The van der Waals surface area contributed by atoms with Gasteiger partial charge in [0.15, 0.2) is 11.7 Å². The first-order valence-corrected chi connectivity index (χ1v) is 34.8. The van der Waals surface area contributed by atoms with Crippen LogP contribution in [0.3, 0.4) is 0 Å². The van der Waals surface area contributed by atoms with E-state index in [1.54, 1.807) is 17.6 Å². The van der Waals surface area contributed by atoms with Crippen molar-refractivity contribution in [2.24, 2.45) is 34.7 Å². The van der Waals surface area contributed by atoms with Gasteiger partial charge in [0.05, 0.1) is 29.8 Å². The topological polar surface area (TPSA) is 142 Å². The molecule has 17 heteroatoms. The molecule has 7 atom stereocenters. The molecule has 4 aromatic carbocycles. The van der Waals surface area contributed by atoms with E-state index in [0.717, 1.165) is 98.4 Å². The van der Waals surface area contributed by atoms with Crippen LogP contribution in [-0.4, -0.2) is 160 Å². The van der Waals surface area contributed by atoms with Gasteiger partial charge in [-0.05, 0) is 135 Å². The Balaban J connectivity index is 1.41. The minimum absolute atomic E-state index is 0.00481. The van der Waals surface area contributed by atoms with Gasteiger partial charge in [-0.1, -0.05) is 97.1 Å². The van der Waals surface area contributed by atoms with Crippen molar-refractivity contribution in [3.8, 4) is 0 Å². The molecule has 3 aliphatic rings. The van der Waals surface area contributed by atoms with E-state index < -0.39 is 31.7 Å². The highest BCUT2D eigenvalue weighted by atomic mass is 32.2. The number of piperidine rings is 2. The minimum Gasteiger partial charge on any atom is -0.449 e. The number of imidazole rings is 1. The number of anilines is 2. The van der Waals surface area contributed by atoms with E-state index in [4.69, 9.17) is 34.3 Å². The molecular weight excluding hydrogens is 1130 g/mol. The first-order chi connectivity index (χ1) is 42.8. The summed E-state index contributed by atoms with van der Waals surface area (Å²) in [6.07, 6.45) is 25.1. The molecule has 8 aromatic rings. The maximum absolute atomic E-state index is 15.0. The molecule has 0 saturated carbocycles. The van der Waals surface area contributed by atoms with Crippen LogP contribution in [0.15, 0.2) is 186 Å². The summed E-state index contributed by atoms with van der Waals surface area (Å²) in [5, 5.41) is 3.17. The summed E-state index contributed by atoms with van der Waals surface area (Å²) in [7, 11) is 5.25. The molecule has 0 bridgehead atoms. The smallest absolute Gasteiger partial charge is 0.200 e. The lowest BCUT2D eigenvalue weighted by Gasteiger charge is -2.80. The number of hydrogen-bond donors (Lipinski definition) is 0. The number of likely N-dealkylation sites (tertiary alicyclic amines) is 3. The molecule has 0 spiro atoms. The molecule has 0 radical (unpaired) electrons. The van der Waals surface area contributed by atoms with Crippen molar-refractivity contribution >= 4 is 38.8 Å². The highest BCUT2D eigenvalue weighted by Gasteiger charge is 2.84. The SMILES string of the molecule is CN(C)CCC1(CN=Cc2ccccc2)C(CCS(C)(=O)=O)C(CCN(c2ccccc2)c2ccccc2)(C2CCCN(C)C2)[N+](Cc2ccccc2)(Cc2nccn2C)C(Cc2ncco2)(Cc2nccs2)C1(CCN1CCCC1)Cc1ncccn1. The van der Waals surface area contributed by atoms with Gasteiger partial charge in [0.1, 0.15) is 46.1 Å². The Labute approximate surface area is 527 Å². The van der Waals surface area contributed by atoms with Crippen molar-refractivity contribution in [3.05, 3.63) is 210 Å². The molecule has 0 N–H and O–H groups in total. The summed E-state index contributed by atoms with van der Waals surface area (Å²) in [5.74, 6) is 2.01. The number of aryl methyl sites for hydroxylation is 1. The molecule has 0 amide bonds. The van der Waals surface area contributed by atoms with Crippen LogP contribution in [0.25, 0.3) is 0 Å². The zero-order chi connectivity index (χ0) is 61.1. The normalized spacial score (nSPS) is 25.4. The van der Waals surface area contributed by atoms with Gasteiger partial charge in [-0.3, -0.25) is 4.99 Å². The van der Waals surface area contributed by atoms with Gasteiger partial charge in [-0.15, -0.1) is 11.3 Å². The third-order valence-electron chi connectivity index (χ3n) is 20.7. The van der Waals surface area contributed by atoms with E-state index in [-0.39, 0.29) is 17.6 Å². The number of aliphatic imine (C=N–C) groups is 1. The van der Waals surface area contributed by atoms with Crippen molar-refractivity contribution in [1.82, 2.24) is 44.2 Å². The number of sulfone groups is 1. The number of benzene rings is 4. The van der Waals surface area contributed by atoms with Crippen LogP contribution < -0.4 is 4.90 Å². The average molecular weight is 1220 g/mol. The molecule has 15 nitrogen and oxygen atoms in total. The Morgan fingerprint density at radius 3 is 2.03 bits per heavy atom. The number of thiazole rings is 1. The van der Waals surface area contributed by atoms with Crippen LogP contribution in [0.4, 0.5) is 11.4 Å². The summed E-state index contributed by atoms with van der Waals surface area (Å²) < 4.78 is 39.6. The molecule has 7 unspecified atom stereocenters. The molecule has 3 aliphatic heterocycles. The van der Waals surface area contributed by atoms with Crippen molar-refractivity contribution in [2.45, 2.75) is 94.8 Å². The number of rotatable bonds is 28. The molecular formula is C71H91N12O3S2+. The van der Waals surface area contributed by atoms with Crippen LogP contribution in [-0.2, 0) is 49.2 Å². The largest absolute Gasteiger partial charge is 0.449 e. The van der Waals surface area contributed by atoms with Crippen LogP contribution in [0, 0.1) is 22.7 Å². The van der Waals surface area contributed by atoms with Crippen molar-refractivity contribution in [3.63, 3.8) is 0 Å². The number of quaternary nitrogens is 1. The Hall–Kier alpha value is -6.73. The Morgan fingerprint density at radius 2 is 1.42 bits per heavy atom. The van der Waals surface area contributed by atoms with Crippen LogP contribution in [0.1, 0.15) is 85.0 Å². The molecule has 3 saturated heterocycles. The minimum atomic E-state index is -3.62. The third kappa shape index (κ3) is 13.1. The van der Waals surface area contributed by atoms with E-state index in [9.17, 15) is 8.42 Å². The van der Waals surface area contributed by atoms with E-state index in [0.29, 0.717) is 81.6 Å². The molecule has 3 fully saturated rings. The first kappa shape index (κ1) is 62.9. The van der Waals surface area contributed by atoms with E-state index in [1.165, 1.54) is 11.8 Å². The second kappa shape index (κ2) is 28.0. The fraction of sp³-hybridized carbons (Fsp3) is 0.465. The average Bonchev–Trinajstić information content (AvgIpc) is 0.904. The highest BCUT2D eigenvalue weighted by Crippen LogP contribution is 2.75. The number of nitrogens with zero attached hydrogens (tertiary/aromatic N) is 12. The Kier molecular flexibility index (Phi) is 20.0. The number of hydrogen-bond acceptors (Lipinski definition) is 14. The highest BCUT2D eigenvalue weighted by molar-refractivity contribution is 7.90. The van der Waals surface area contributed by atoms with Gasteiger partial charge in [0.25, 0.3) is 0 Å². The lowest BCUT2D eigenvalue weighted by Crippen LogP contribution is -2.91. The van der Waals surface area contributed by atoms with E-state index in [2.05, 4.69) is 191 Å². The van der Waals surface area contributed by atoms with Crippen LogP contribution >= 0.6 is 11.3 Å². The summed E-state index contributed by atoms with van der Waals surface area (Å²) in [6.45, 7) is 7.34. The standard InChI is InChI=1S/C71H91N12O3S2/c1-78(2)43-32-68(57-72-53-58-22-10-6-11-23-58)63(31-49-88(5,84)85)71(60-26-20-40-79(3)54-60,34-45-82(61-27-14-8-15-28-61)62-29-16-9-17-30-62)83(55-59-24-12-7-13-25-59,56-65-75-37-46-80(65)4)70(51-66-76-38-47-86-66,52-67-77-39-48-87-67)69(68,33-44-81-41-18-19-42-81)50-64-73-35-21-36-74-64/h6-17,21-25,27-30,35-39,46-48,53,60,63H,18-20,26,31-34,40-45,49-52,54-57H2,1-5H3/q+1. The van der Waals surface area contributed by atoms with Crippen molar-refractivity contribution in [2.75, 3.05) is 90.4 Å². The quantitative estimate of drug-likeness (QED) is 0.0340. The predicted molar refractivity (Wildman–Crippen MR) is 354 cm³/mol. The second-order valence-electron chi connectivity index (χ2n) is 25.9. The molecule has 11 rings (SSSR count). The zero-order valence-corrected chi connectivity index (χ0v) is 54.1. The first-order valence-electron chi connectivity index (χ1n) is 31.8. The van der Waals surface area contributed by atoms with Gasteiger partial charge >= 0.3 is 0 Å². The summed E-state index contributed by atoms with van der Waals surface area (Å²) >= 11 is 1.72. The van der Waals surface area contributed by atoms with Crippen molar-refractivity contribution < 1.29 is 17.3 Å². The molecule has 4 aromatic heterocycles. The third-order valence-corrected chi connectivity index (χ3v) is 22.5. The lowest BCUT2D eigenvalue weighted by atomic mass is 9.35. The van der Waals surface area contributed by atoms with Crippen LogP contribution in [0.5, 0.6) is 0 Å². The van der Waals surface area contributed by atoms with Crippen molar-refractivity contribution in [1.29, 1.82) is 0 Å². The number of para-hydroxylation sites is 2. The fourth-order valence-electron chi connectivity index (χ4n) is 17.2. The number of aromatic nitrogens is 6. The molecule has 7 heterocycles. The van der Waals surface area contributed by atoms with Gasteiger partial charge in [-0.2, -0.15) is 0 Å². The van der Waals surface area contributed by atoms with E-state index in [1.807, 2.05) is 37.1 Å². The molecule has 464 valence electrons. The summed E-state index contributed by atoms with van der Waals surface area (Å²) in [6, 6.07) is 45.5. The lowest BCUT2D eigenvalue weighted by molar-refractivity contribution is -1.07. The summed E-state index contributed by atoms with van der Waals surface area (Å²) in [4.78, 5) is 43.2. The zero-order valence-electron chi connectivity index (χ0n) is 52.4. The van der Waals surface area contributed by atoms with E-state index >= 15 is 0 Å². The molecule has 0 aliphatic carbocycles. The van der Waals surface area contributed by atoms with Gasteiger partial charge in [0.2, 0.25) is 0 Å². The summed E-state index contributed by atoms with van der Waals surface area (Å²) in [5.41, 5.74) is 0.901. The number of oxazole rings is 1. The van der Waals surface area contributed by atoms with Gasteiger partial charge in [0, 0.05) is 128 Å². The van der Waals surface area contributed by atoms with Gasteiger partial charge in [-0.25, -0.2) is 33.3 Å². The predicted octanol–water partition coefficient (Wildman–Crippen LogP) is 11.5. The second-order valence-corrected chi connectivity index (χ2v) is 29.1. The maximum Gasteiger partial charge on any atom is 0.200 e. The Bertz CT molecular complexity index is 3460.